The maximum absolute atomic E-state index is 12.6. The van der Waals surface area contributed by atoms with Gasteiger partial charge >= 0.3 is 6.03 Å². The van der Waals surface area contributed by atoms with E-state index in [1.807, 2.05) is 0 Å². The Labute approximate surface area is 142 Å². The zero-order valence-corrected chi connectivity index (χ0v) is 13.7. The van der Waals surface area contributed by atoms with Crippen molar-refractivity contribution in [3.05, 3.63) is 47.3 Å². The smallest absolute Gasteiger partial charge is 0.324 e. The van der Waals surface area contributed by atoms with Gasteiger partial charge in [0.2, 0.25) is 5.91 Å². The normalized spacial score (nSPS) is 14.0. The summed E-state index contributed by atoms with van der Waals surface area (Å²) >= 11 is 1.15. The second-order valence-corrected chi connectivity index (χ2v) is 6.12. The van der Waals surface area contributed by atoms with Gasteiger partial charge in [0.1, 0.15) is 0 Å². The molecule has 124 valence electrons. The van der Waals surface area contributed by atoms with Gasteiger partial charge in [0, 0.05) is 19.6 Å². The van der Waals surface area contributed by atoms with Gasteiger partial charge in [0.25, 0.3) is 5.56 Å². The van der Waals surface area contributed by atoms with Crippen LogP contribution in [0.4, 0.5) is 4.79 Å². The van der Waals surface area contributed by atoms with Crippen molar-refractivity contribution in [2.24, 2.45) is 0 Å². The van der Waals surface area contributed by atoms with E-state index in [1.165, 1.54) is 9.47 Å². The maximum atomic E-state index is 12.6. The first-order chi connectivity index (χ1) is 11.6. The summed E-state index contributed by atoms with van der Waals surface area (Å²) in [5.41, 5.74) is 0.408. The first kappa shape index (κ1) is 16.3. The van der Waals surface area contributed by atoms with Crippen molar-refractivity contribution in [1.82, 2.24) is 19.8 Å². The van der Waals surface area contributed by atoms with Crippen molar-refractivity contribution in [2.45, 2.75) is 11.7 Å². The molecule has 7 nitrogen and oxygen atoms in total. The Morgan fingerprint density at radius 2 is 2.17 bits per heavy atom. The third kappa shape index (κ3) is 3.05. The highest BCUT2D eigenvalue weighted by atomic mass is 32.2. The van der Waals surface area contributed by atoms with E-state index in [0.717, 1.165) is 11.8 Å². The van der Waals surface area contributed by atoms with Crippen LogP contribution in [0.15, 0.2) is 46.9 Å². The molecular weight excluding hydrogens is 328 g/mol. The fourth-order valence-electron chi connectivity index (χ4n) is 2.46. The average Bonchev–Trinajstić information content (AvgIpc) is 3.02. The second kappa shape index (κ2) is 6.88. The molecule has 1 fully saturated rings. The largest absolute Gasteiger partial charge is 0.336 e. The monoisotopic (exact) mass is 344 g/mol. The fraction of sp³-hybridized carbons (Fsp3) is 0.250. The Balaban J connectivity index is 1.89. The summed E-state index contributed by atoms with van der Waals surface area (Å²) in [5, 5.41) is 3.55. The third-order valence-corrected chi connectivity index (χ3v) is 4.58. The molecule has 0 radical (unpaired) electrons. The van der Waals surface area contributed by atoms with E-state index in [4.69, 9.17) is 0 Å². The predicted molar refractivity (Wildman–Crippen MR) is 92.0 cm³/mol. The van der Waals surface area contributed by atoms with Crippen molar-refractivity contribution in [3.63, 3.8) is 0 Å². The summed E-state index contributed by atoms with van der Waals surface area (Å²) in [6.07, 6.45) is 1.61. The Morgan fingerprint density at radius 1 is 1.38 bits per heavy atom. The topological polar surface area (TPSA) is 84.3 Å². The molecule has 3 amide bonds. The van der Waals surface area contributed by atoms with Crippen LogP contribution in [0.5, 0.6) is 0 Å². The van der Waals surface area contributed by atoms with Gasteiger partial charge in [0.15, 0.2) is 5.16 Å². The zero-order valence-electron chi connectivity index (χ0n) is 12.9. The first-order valence-corrected chi connectivity index (χ1v) is 8.42. The molecule has 3 rings (SSSR count). The van der Waals surface area contributed by atoms with Gasteiger partial charge in [-0.1, -0.05) is 30.0 Å². The van der Waals surface area contributed by atoms with Crippen LogP contribution in [0.1, 0.15) is 0 Å². The number of hydrogen-bond donors (Lipinski definition) is 1. The highest BCUT2D eigenvalue weighted by molar-refractivity contribution is 7.99. The standard InChI is InChI=1S/C16H16N4O3S/c1-2-8-20-14(22)11-5-3-4-6-12(11)18-16(20)24-10-13(21)19-9-7-17-15(19)23/h2-6H,1,7-10H2,(H,17,23). The number of nitrogens with zero attached hydrogens (tertiary/aromatic N) is 3. The minimum atomic E-state index is -0.379. The molecule has 0 bridgehead atoms. The summed E-state index contributed by atoms with van der Waals surface area (Å²) < 4.78 is 1.48. The van der Waals surface area contributed by atoms with Crippen LogP contribution in [0.2, 0.25) is 0 Å². The lowest BCUT2D eigenvalue weighted by Crippen LogP contribution is -2.35. The van der Waals surface area contributed by atoms with Crippen molar-refractivity contribution < 1.29 is 9.59 Å². The van der Waals surface area contributed by atoms with Crippen LogP contribution in [-0.2, 0) is 11.3 Å². The fourth-order valence-corrected chi connectivity index (χ4v) is 3.35. The van der Waals surface area contributed by atoms with E-state index in [-0.39, 0.29) is 23.3 Å². The zero-order chi connectivity index (χ0) is 17.1. The number of nitrogens with one attached hydrogen (secondary N) is 1. The summed E-state index contributed by atoms with van der Waals surface area (Å²) in [6, 6.07) is 6.69. The van der Waals surface area contributed by atoms with Crippen LogP contribution in [-0.4, -0.2) is 45.2 Å². The van der Waals surface area contributed by atoms with Crippen molar-refractivity contribution in [3.8, 4) is 0 Å². The molecule has 1 saturated heterocycles. The number of amides is 3. The Morgan fingerprint density at radius 3 is 2.88 bits per heavy atom. The predicted octanol–water partition coefficient (Wildman–Crippen LogP) is 1.23. The number of benzene rings is 1. The molecule has 0 saturated carbocycles. The number of thioether (sulfide) groups is 1. The van der Waals surface area contributed by atoms with E-state index in [0.29, 0.717) is 35.7 Å². The van der Waals surface area contributed by atoms with E-state index in [9.17, 15) is 14.4 Å². The molecule has 24 heavy (non-hydrogen) atoms. The highest BCUT2D eigenvalue weighted by Crippen LogP contribution is 2.18. The van der Waals surface area contributed by atoms with E-state index >= 15 is 0 Å². The number of fused-ring (bicyclic) bond motifs is 1. The number of para-hydroxylation sites is 1. The molecule has 1 aromatic carbocycles. The molecule has 0 unspecified atom stereocenters. The lowest BCUT2D eigenvalue weighted by atomic mass is 10.2. The Hall–Kier alpha value is -2.61. The minimum Gasteiger partial charge on any atom is -0.336 e. The van der Waals surface area contributed by atoms with Crippen molar-refractivity contribution >= 4 is 34.6 Å². The quantitative estimate of drug-likeness (QED) is 0.501. The van der Waals surface area contributed by atoms with Crippen molar-refractivity contribution in [2.75, 3.05) is 18.8 Å². The van der Waals surface area contributed by atoms with Crippen LogP contribution >= 0.6 is 11.8 Å². The summed E-state index contributed by atoms with van der Waals surface area (Å²) in [4.78, 5) is 41.9. The molecule has 1 aromatic heterocycles. The number of rotatable bonds is 5. The van der Waals surface area contributed by atoms with Crippen LogP contribution < -0.4 is 10.9 Å². The molecule has 2 aromatic rings. The molecule has 1 aliphatic rings. The van der Waals surface area contributed by atoms with Crippen molar-refractivity contribution in [1.29, 1.82) is 0 Å². The lowest BCUT2D eigenvalue weighted by molar-refractivity contribution is -0.124. The maximum Gasteiger partial charge on any atom is 0.324 e. The summed E-state index contributed by atoms with van der Waals surface area (Å²) in [5.74, 6) is -0.266. The SMILES string of the molecule is C=CCn1c(SCC(=O)N2CCNC2=O)nc2ccccc2c1=O. The van der Waals surface area contributed by atoms with Gasteiger partial charge < -0.3 is 5.32 Å². The molecule has 0 aliphatic carbocycles. The molecule has 1 N–H and O–H groups in total. The highest BCUT2D eigenvalue weighted by Gasteiger charge is 2.26. The third-order valence-electron chi connectivity index (χ3n) is 3.62. The molecule has 2 heterocycles. The van der Waals surface area contributed by atoms with E-state index in [1.54, 1.807) is 30.3 Å². The van der Waals surface area contributed by atoms with E-state index in [2.05, 4.69) is 16.9 Å². The minimum absolute atomic E-state index is 0.0370. The van der Waals surface area contributed by atoms with Gasteiger partial charge in [-0.25, -0.2) is 9.78 Å². The molecule has 8 heteroatoms. The van der Waals surface area contributed by atoms with Crippen LogP contribution in [0.3, 0.4) is 0 Å². The molecule has 1 aliphatic heterocycles. The van der Waals surface area contributed by atoms with Gasteiger partial charge in [-0.15, -0.1) is 6.58 Å². The summed E-state index contributed by atoms with van der Waals surface area (Å²) in [6.45, 7) is 4.79. The van der Waals surface area contributed by atoms with Crippen LogP contribution in [0.25, 0.3) is 10.9 Å². The first-order valence-electron chi connectivity index (χ1n) is 7.43. The van der Waals surface area contributed by atoms with Gasteiger partial charge in [-0.05, 0) is 12.1 Å². The Bertz CT molecular complexity index is 877. The molecule has 0 atom stereocenters. The van der Waals surface area contributed by atoms with E-state index < -0.39 is 0 Å². The second-order valence-electron chi connectivity index (χ2n) is 5.18. The molecular formula is C16H16N4O3S. The lowest BCUT2D eigenvalue weighted by Gasteiger charge is -2.14. The number of allylic oxidation sites excluding steroid dienone is 1. The number of carbonyl (C=O) groups excluding carboxylic acids is 2. The number of carbonyl (C=O) groups is 2. The number of urea groups is 1. The van der Waals surface area contributed by atoms with Gasteiger partial charge in [-0.3, -0.25) is 19.1 Å². The van der Waals surface area contributed by atoms with Gasteiger partial charge in [-0.2, -0.15) is 0 Å². The summed E-state index contributed by atoms with van der Waals surface area (Å²) in [7, 11) is 0. The van der Waals surface area contributed by atoms with Crippen LogP contribution in [0, 0.1) is 0 Å². The Kier molecular flexibility index (Phi) is 4.66. The number of aromatic nitrogens is 2. The number of imide groups is 1. The number of hydrogen-bond acceptors (Lipinski definition) is 5. The van der Waals surface area contributed by atoms with Gasteiger partial charge in [0.05, 0.1) is 16.7 Å². The average molecular weight is 344 g/mol. The molecule has 0 spiro atoms.